The molecule has 0 aliphatic carbocycles. The molecule has 0 bridgehead atoms. The van der Waals surface area contributed by atoms with Crippen LogP contribution in [0.1, 0.15) is 5.56 Å². The summed E-state index contributed by atoms with van der Waals surface area (Å²) in [6.07, 6.45) is -5.11. The van der Waals surface area contributed by atoms with Crippen molar-refractivity contribution in [3.8, 4) is 0 Å². The molecule has 35 heavy (non-hydrogen) atoms. The second-order valence-corrected chi connectivity index (χ2v) is 9.83. The molecule has 7 nitrogen and oxygen atoms in total. The third kappa shape index (κ3) is 4.01. The molecule has 0 saturated carbocycles. The van der Waals surface area contributed by atoms with E-state index in [1.807, 2.05) is 0 Å². The summed E-state index contributed by atoms with van der Waals surface area (Å²) in [5.41, 5.74) is -2.75. The zero-order valence-corrected chi connectivity index (χ0v) is 20.4. The summed E-state index contributed by atoms with van der Waals surface area (Å²) >= 11 is 24.0. The average Bonchev–Trinajstić information content (AvgIpc) is 3.15. The van der Waals surface area contributed by atoms with Crippen molar-refractivity contribution in [3.63, 3.8) is 0 Å². The van der Waals surface area contributed by atoms with Crippen molar-refractivity contribution < 1.29 is 32.7 Å². The number of hydrogen-bond donors (Lipinski definition) is 3. The highest BCUT2D eigenvalue weighted by molar-refractivity contribution is 6.38. The van der Waals surface area contributed by atoms with Gasteiger partial charge < -0.3 is 15.7 Å². The fourth-order valence-electron chi connectivity index (χ4n) is 5.01. The molecule has 2 aliphatic heterocycles. The summed E-state index contributed by atoms with van der Waals surface area (Å²) < 4.78 is 43.1. The van der Waals surface area contributed by atoms with Crippen LogP contribution in [-0.2, 0) is 19.9 Å². The lowest BCUT2D eigenvalue weighted by Crippen LogP contribution is -2.54. The summed E-state index contributed by atoms with van der Waals surface area (Å²) in [5, 5.41) is 14.8. The molecule has 2 amide bonds. The van der Waals surface area contributed by atoms with Gasteiger partial charge in [-0.2, -0.15) is 13.2 Å². The van der Waals surface area contributed by atoms with Crippen molar-refractivity contribution >= 4 is 75.6 Å². The Balaban J connectivity index is 1.93. The third-order valence-electron chi connectivity index (χ3n) is 6.21. The number of likely N-dealkylation sites (N-methyl/N-ethyl adjacent to an activating group) is 1. The average molecular weight is 571 g/mol. The predicted molar refractivity (Wildman–Crippen MR) is 124 cm³/mol. The van der Waals surface area contributed by atoms with Crippen LogP contribution in [-0.4, -0.2) is 47.1 Å². The van der Waals surface area contributed by atoms with E-state index in [1.165, 1.54) is 24.3 Å². The summed E-state index contributed by atoms with van der Waals surface area (Å²) in [7, 11) is 0.932. The van der Waals surface area contributed by atoms with Crippen LogP contribution in [0.5, 0.6) is 0 Å². The SMILES string of the molecule is CN1C(C(F)(F)F)C(C(=O)Nc2cc(Cl)cc(Cl)c2)C(C(=O)O)C12C(=O)Nc1c(Cl)cc(Cl)cc12. The van der Waals surface area contributed by atoms with Crippen molar-refractivity contribution in [2.45, 2.75) is 17.8 Å². The van der Waals surface area contributed by atoms with E-state index >= 15 is 0 Å². The van der Waals surface area contributed by atoms with Crippen LogP contribution >= 0.6 is 46.4 Å². The first-order valence-corrected chi connectivity index (χ1v) is 11.3. The molecule has 14 heteroatoms. The maximum Gasteiger partial charge on any atom is 0.404 e. The van der Waals surface area contributed by atoms with Gasteiger partial charge in [0, 0.05) is 26.3 Å². The van der Waals surface area contributed by atoms with Crippen LogP contribution in [0.15, 0.2) is 30.3 Å². The number of hydrogen-bond acceptors (Lipinski definition) is 4. The van der Waals surface area contributed by atoms with E-state index in [9.17, 15) is 32.7 Å². The number of rotatable bonds is 3. The Morgan fingerprint density at radius 1 is 1.06 bits per heavy atom. The van der Waals surface area contributed by atoms with Crippen molar-refractivity contribution in [3.05, 3.63) is 56.0 Å². The van der Waals surface area contributed by atoms with Gasteiger partial charge >= 0.3 is 12.1 Å². The van der Waals surface area contributed by atoms with Crippen LogP contribution in [0.2, 0.25) is 20.1 Å². The number of nitrogens with zero attached hydrogens (tertiary/aromatic N) is 1. The maximum atomic E-state index is 14.4. The Labute approximate surface area is 216 Å². The number of aliphatic carboxylic acids is 1. The molecular formula is C21H14Cl4F3N3O4. The molecular weight excluding hydrogens is 557 g/mol. The Bertz CT molecular complexity index is 1250. The molecule has 186 valence electrons. The molecule has 3 N–H and O–H groups in total. The van der Waals surface area contributed by atoms with Crippen molar-refractivity contribution in [2.75, 3.05) is 17.7 Å². The number of carboxylic acids is 1. The monoisotopic (exact) mass is 569 g/mol. The van der Waals surface area contributed by atoms with Gasteiger partial charge in [0.1, 0.15) is 17.5 Å². The Kier molecular flexibility index (Phi) is 6.43. The largest absolute Gasteiger partial charge is 0.481 e. The van der Waals surface area contributed by atoms with Gasteiger partial charge in [-0.1, -0.05) is 46.4 Å². The second kappa shape index (κ2) is 8.70. The number of carbonyl (C=O) groups excluding carboxylic acids is 2. The van der Waals surface area contributed by atoms with Gasteiger partial charge in [0.05, 0.1) is 16.6 Å². The Morgan fingerprint density at radius 3 is 2.17 bits per heavy atom. The molecule has 2 aromatic rings. The highest BCUT2D eigenvalue weighted by atomic mass is 35.5. The first kappa shape index (κ1) is 25.8. The molecule has 2 aromatic carbocycles. The number of carbonyl (C=O) groups is 3. The number of benzene rings is 2. The van der Waals surface area contributed by atoms with Crippen molar-refractivity contribution in [2.24, 2.45) is 11.8 Å². The summed E-state index contributed by atoms with van der Waals surface area (Å²) in [6.45, 7) is 0. The Hall–Kier alpha value is -2.24. The van der Waals surface area contributed by atoms with E-state index < -0.39 is 47.4 Å². The van der Waals surface area contributed by atoms with E-state index in [0.29, 0.717) is 4.90 Å². The topological polar surface area (TPSA) is 98.7 Å². The number of alkyl halides is 3. The van der Waals surface area contributed by atoms with E-state index in [2.05, 4.69) is 10.6 Å². The van der Waals surface area contributed by atoms with Crippen LogP contribution in [0.3, 0.4) is 0 Å². The van der Waals surface area contributed by atoms with E-state index in [0.717, 1.165) is 13.1 Å². The lowest BCUT2D eigenvalue weighted by Gasteiger charge is -2.35. The number of anilines is 2. The number of amides is 2. The zero-order valence-electron chi connectivity index (χ0n) is 17.4. The molecule has 1 fully saturated rings. The van der Waals surface area contributed by atoms with Crippen LogP contribution in [0.4, 0.5) is 24.5 Å². The molecule has 4 atom stereocenters. The van der Waals surface area contributed by atoms with Gasteiger partial charge in [-0.25, -0.2) is 0 Å². The smallest absolute Gasteiger partial charge is 0.404 e. The molecule has 1 spiro atoms. The fraction of sp³-hybridized carbons (Fsp3) is 0.286. The molecule has 2 aliphatic rings. The van der Waals surface area contributed by atoms with Crippen LogP contribution in [0.25, 0.3) is 0 Å². The molecule has 4 unspecified atom stereocenters. The minimum atomic E-state index is -5.11. The number of halogens is 7. The van der Waals surface area contributed by atoms with Crippen molar-refractivity contribution in [1.29, 1.82) is 0 Å². The maximum absolute atomic E-state index is 14.4. The lowest BCUT2D eigenvalue weighted by molar-refractivity contribution is -0.190. The minimum Gasteiger partial charge on any atom is -0.481 e. The van der Waals surface area contributed by atoms with Gasteiger partial charge in [0.15, 0.2) is 0 Å². The van der Waals surface area contributed by atoms with E-state index in [-0.39, 0.29) is 37.0 Å². The highest BCUT2D eigenvalue weighted by Gasteiger charge is 2.74. The molecule has 4 rings (SSSR count). The summed E-state index contributed by atoms with van der Waals surface area (Å²) in [5.74, 6) is -8.61. The molecule has 2 heterocycles. The standard InChI is InChI=1S/C21H14Cl4F3N3O4/c1-31-16(21(26,27)28)13(17(32)29-10-3-7(22)2-8(23)4-10)14(18(33)34)20(31)11-5-9(24)6-12(25)15(11)30-19(20)35/h2-6,13-14,16H,1H3,(H,29,32)(H,30,35)(H,33,34). The predicted octanol–water partition coefficient (Wildman–Crippen LogP) is 5.28. The lowest BCUT2D eigenvalue weighted by atomic mass is 9.74. The van der Waals surface area contributed by atoms with E-state index in [1.54, 1.807) is 0 Å². The zero-order chi connectivity index (χ0) is 26.0. The number of likely N-dealkylation sites (tertiary alicyclic amines) is 1. The van der Waals surface area contributed by atoms with Crippen LogP contribution in [0, 0.1) is 11.8 Å². The fourth-order valence-corrected chi connectivity index (χ4v) is 6.08. The molecule has 0 aromatic heterocycles. The van der Waals surface area contributed by atoms with Crippen molar-refractivity contribution in [1.82, 2.24) is 4.90 Å². The Morgan fingerprint density at radius 2 is 1.63 bits per heavy atom. The van der Waals surface area contributed by atoms with Gasteiger partial charge in [0.25, 0.3) is 5.91 Å². The normalized spacial score (nSPS) is 26.1. The highest BCUT2D eigenvalue weighted by Crippen LogP contribution is 2.58. The third-order valence-corrected chi connectivity index (χ3v) is 7.16. The molecule has 0 radical (unpaired) electrons. The van der Waals surface area contributed by atoms with E-state index in [4.69, 9.17) is 46.4 Å². The van der Waals surface area contributed by atoms with Gasteiger partial charge in [-0.3, -0.25) is 19.3 Å². The first-order valence-electron chi connectivity index (χ1n) is 9.80. The van der Waals surface area contributed by atoms with Crippen LogP contribution < -0.4 is 10.6 Å². The summed E-state index contributed by atoms with van der Waals surface area (Å²) in [4.78, 5) is 39.6. The number of fused-ring (bicyclic) bond motifs is 2. The molecule has 1 saturated heterocycles. The van der Waals surface area contributed by atoms with Gasteiger partial charge in [-0.15, -0.1) is 0 Å². The van der Waals surface area contributed by atoms with Gasteiger partial charge in [-0.05, 0) is 37.4 Å². The summed E-state index contributed by atoms with van der Waals surface area (Å²) in [6, 6.07) is 3.55. The number of nitrogens with one attached hydrogen (secondary N) is 2. The first-order chi connectivity index (χ1) is 16.2. The number of carboxylic acid groups (broad SMARTS) is 1. The quantitative estimate of drug-likeness (QED) is 0.466. The second-order valence-electron chi connectivity index (χ2n) is 8.12. The minimum absolute atomic E-state index is 0.0350. The van der Waals surface area contributed by atoms with Gasteiger partial charge in [0.2, 0.25) is 5.91 Å².